The molecule has 0 spiro atoms. The number of nitrogens with one attached hydrogen (secondary N) is 6. The lowest BCUT2D eigenvalue weighted by atomic mass is 10.7. The van der Waals surface area contributed by atoms with Crippen LogP contribution in [0, 0.1) is 14.3 Å². The van der Waals surface area contributed by atoms with E-state index in [-0.39, 0.29) is 16.7 Å². The van der Waals surface area contributed by atoms with Crippen LogP contribution in [0.25, 0.3) is 0 Å². The van der Waals surface area contributed by atoms with Crippen molar-refractivity contribution in [2.75, 3.05) is 0 Å². The van der Waals surface area contributed by atoms with Gasteiger partial charge in [0.1, 0.15) is 0 Å². The molecule has 0 fully saturated rings. The van der Waals surface area contributed by atoms with E-state index >= 15 is 0 Å². The highest BCUT2D eigenvalue weighted by molar-refractivity contribution is 7.71. The van der Waals surface area contributed by atoms with Gasteiger partial charge in [-0.2, -0.15) is 0 Å². The number of aromatic nitrogens is 6. The Kier molecular flexibility index (Phi) is 8.18. The molecule has 0 aliphatic heterocycles. The molecule has 0 saturated heterocycles. The second-order valence-corrected chi connectivity index (χ2v) is 5.11. The van der Waals surface area contributed by atoms with Crippen LogP contribution < -0.4 is 16.7 Å². The van der Waals surface area contributed by atoms with Gasteiger partial charge >= 0.3 is 0 Å². The molecule has 0 saturated carbocycles. The standard InChI is InChI=1S/3C4H4N2OS/c3*7-3-1-2-5-4(8)6-3/h3*1-2H,(H2,5,6,7,8). The summed E-state index contributed by atoms with van der Waals surface area (Å²) in [7, 11) is 0. The largest absolute Gasteiger partial charge is 0.339 e. The van der Waals surface area contributed by atoms with Crippen molar-refractivity contribution in [2.45, 2.75) is 0 Å². The quantitative estimate of drug-likeness (QED) is 0.322. The van der Waals surface area contributed by atoms with Gasteiger partial charge in [0.2, 0.25) is 0 Å². The molecule has 0 aromatic carbocycles. The van der Waals surface area contributed by atoms with Crippen LogP contribution in [0.4, 0.5) is 0 Å². The Balaban J connectivity index is 0.000000180. The van der Waals surface area contributed by atoms with E-state index in [1.807, 2.05) is 0 Å². The van der Waals surface area contributed by atoms with E-state index in [9.17, 15) is 14.4 Å². The summed E-state index contributed by atoms with van der Waals surface area (Å²) in [4.78, 5) is 46.1. The number of aromatic amines is 6. The van der Waals surface area contributed by atoms with Crippen LogP contribution in [-0.4, -0.2) is 29.9 Å². The van der Waals surface area contributed by atoms with Gasteiger partial charge in [0.25, 0.3) is 16.7 Å². The van der Waals surface area contributed by atoms with Crippen molar-refractivity contribution in [3.63, 3.8) is 0 Å². The van der Waals surface area contributed by atoms with Gasteiger partial charge < -0.3 is 15.0 Å². The van der Waals surface area contributed by atoms with Crippen LogP contribution in [-0.2, 0) is 0 Å². The first-order chi connectivity index (χ1) is 11.4. The number of H-pyrrole nitrogens is 6. The van der Waals surface area contributed by atoms with Gasteiger partial charge in [0.05, 0.1) is 0 Å². The van der Waals surface area contributed by atoms with Crippen LogP contribution in [0.15, 0.2) is 51.2 Å². The highest BCUT2D eigenvalue weighted by Gasteiger charge is 1.76. The summed E-state index contributed by atoms with van der Waals surface area (Å²) < 4.78 is 1.08. The number of rotatable bonds is 0. The van der Waals surface area contributed by atoms with Crippen molar-refractivity contribution >= 4 is 36.7 Å². The molecule has 3 rings (SSSR count). The Labute approximate surface area is 148 Å². The van der Waals surface area contributed by atoms with Crippen LogP contribution in [0.3, 0.4) is 0 Å². The van der Waals surface area contributed by atoms with Crippen molar-refractivity contribution in [2.24, 2.45) is 0 Å². The maximum absolute atomic E-state index is 10.3. The first-order valence-electron chi connectivity index (χ1n) is 6.21. The maximum atomic E-state index is 10.3. The van der Waals surface area contributed by atoms with Crippen molar-refractivity contribution in [1.82, 2.24) is 29.9 Å². The third-order valence-corrected chi connectivity index (χ3v) is 2.72. The van der Waals surface area contributed by atoms with Crippen LogP contribution in [0.5, 0.6) is 0 Å². The van der Waals surface area contributed by atoms with Crippen molar-refractivity contribution < 1.29 is 0 Å². The van der Waals surface area contributed by atoms with Crippen LogP contribution in [0.2, 0.25) is 0 Å². The molecule has 3 aromatic rings. The zero-order valence-corrected chi connectivity index (χ0v) is 14.4. The van der Waals surface area contributed by atoms with E-state index in [0.29, 0.717) is 14.3 Å². The van der Waals surface area contributed by atoms with Crippen molar-refractivity contribution in [3.05, 3.63) is 82.2 Å². The molecule has 0 unspecified atom stereocenters. The SMILES string of the molecule is O=c1cc[nH]c(=S)[nH]1.O=c1cc[nH]c(=S)[nH]1.O=c1cc[nH]c(=S)[nH]1. The monoisotopic (exact) mass is 384 g/mol. The number of hydrogen-bond acceptors (Lipinski definition) is 6. The zero-order valence-electron chi connectivity index (χ0n) is 11.9. The van der Waals surface area contributed by atoms with Crippen LogP contribution >= 0.6 is 36.7 Å². The molecule has 0 radical (unpaired) electrons. The molecule has 0 bridgehead atoms. The van der Waals surface area contributed by atoms with E-state index < -0.39 is 0 Å². The minimum Gasteiger partial charge on any atom is -0.339 e. The van der Waals surface area contributed by atoms with Crippen LogP contribution in [0.1, 0.15) is 0 Å². The fourth-order valence-corrected chi connectivity index (χ4v) is 1.65. The summed E-state index contributed by atoms with van der Waals surface area (Å²) in [6.45, 7) is 0. The minimum atomic E-state index is -0.172. The maximum Gasteiger partial charge on any atom is 0.251 e. The van der Waals surface area contributed by atoms with Crippen molar-refractivity contribution in [1.29, 1.82) is 0 Å². The van der Waals surface area contributed by atoms with Gasteiger partial charge in [-0.05, 0) is 36.7 Å². The molecule has 3 heterocycles. The normalized spacial score (nSPS) is 9.00. The topological polar surface area (TPSA) is 146 Å². The molecular weight excluding hydrogens is 372 g/mol. The molecule has 126 valence electrons. The lowest BCUT2D eigenvalue weighted by Crippen LogP contribution is -2.02. The lowest BCUT2D eigenvalue weighted by Gasteiger charge is -1.78. The Morgan fingerprint density at radius 3 is 0.917 bits per heavy atom. The van der Waals surface area contributed by atoms with Gasteiger partial charge in [0.15, 0.2) is 14.3 Å². The molecule has 0 atom stereocenters. The molecule has 9 nitrogen and oxygen atoms in total. The molecule has 6 N–H and O–H groups in total. The summed E-state index contributed by atoms with van der Waals surface area (Å²) in [6.07, 6.45) is 4.50. The Bertz CT molecular complexity index is 887. The molecule has 0 aliphatic rings. The molecule has 12 heteroatoms. The van der Waals surface area contributed by atoms with Gasteiger partial charge in [-0.15, -0.1) is 0 Å². The third kappa shape index (κ3) is 8.67. The summed E-state index contributed by atoms with van der Waals surface area (Å²) in [5.41, 5.74) is -0.517. The van der Waals surface area contributed by atoms with Gasteiger partial charge in [-0.25, -0.2) is 0 Å². The second kappa shape index (κ2) is 10.1. The van der Waals surface area contributed by atoms with Gasteiger partial charge in [-0.1, -0.05) is 0 Å². The van der Waals surface area contributed by atoms with Gasteiger partial charge in [-0.3, -0.25) is 29.3 Å². The predicted octanol–water partition coefficient (Wildman–Crippen LogP) is 1.30. The average Bonchev–Trinajstić information content (AvgIpc) is 2.47. The highest BCUT2D eigenvalue weighted by atomic mass is 32.1. The summed E-state index contributed by atoms with van der Waals surface area (Å²) in [5, 5.41) is 0. The third-order valence-electron chi connectivity index (χ3n) is 2.06. The van der Waals surface area contributed by atoms with E-state index in [4.69, 9.17) is 0 Å². The average molecular weight is 384 g/mol. The Hall–Kier alpha value is -2.70. The van der Waals surface area contributed by atoms with E-state index in [1.165, 1.54) is 36.8 Å². The predicted molar refractivity (Wildman–Crippen MR) is 96.7 cm³/mol. The Morgan fingerprint density at radius 2 is 0.792 bits per heavy atom. The van der Waals surface area contributed by atoms with Gasteiger partial charge in [0, 0.05) is 36.8 Å². The van der Waals surface area contributed by atoms with E-state index in [0.717, 1.165) is 0 Å². The van der Waals surface area contributed by atoms with Crippen molar-refractivity contribution in [3.8, 4) is 0 Å². The summed E-state index contributed by atoms with van der Waals surface area (Å²) >= 11 is 13.8. The number of hydrogen-bond donors (Lipinski definition) is 6. The minimum absolute atomic E-state index is 0.172. The zero-order chi connectivity index (χ0) is 17.9. The summed E-state index contributed by atoms with van der Waals surface area (Å²) in [6, 6.07) is 4.11. The molecule has 0 aliphatic carbocycles. The van der Waals surface area contributed by atoms with E-state index in [1.54, 1.807) is 0 Å². The smallest absolute Gasteiger partial charge is 0.251 e. The molecule has 3 aromatic heterocycles. The lowest BCUT2D eigenvalue weighted by molar-refractivity contribution is 1.09. The highest BCUT2D eigenvalue weighted by Crippen LogP contribution is 1.68. The first kappa shape index (κ1) is 19.3. The first-order valence-corrected chi connectivity index (χ1v) is 7.43. The molecule has 0 amide bonds. The fourth-order valence-electron chi connectivity index (χ4n) is 1.15. The molecule has 24 heavy (non-hydrogen) atoms. The summed E-state index contributed by atoms with van der Waals surface area (Å²) in [5.74, 6) is 0. The Morgan fingerprint density at radius 1 is 0.542 bits per heavy atom. The fraction of sp³-hybridized carbons (Fsp3) is 0. The molecular formula is C12H12N6O3S3. The van der Waals surface area contributed by atoms with E-state index in [2.05, 4.69) is 66.6 Å². The second-order valence-electron chi connectivity index (χ2n) is 3.89.